The van der Waals surface area contributed by atoms with Gasteiger partial charge in [-0.3, -0.25) is 19.3 Å². The fourth-order valence-electron chi connectivity index (χ4n) is 5.20. The van der Waals surface area contributed by atoms with E-state index in [0.29, 0.717) is 19.0 Å². The van der Waals surface area contributed by atoms with Crippen molar-refractivity contribution in [1.29, 1.82) is 0 Å². The number of fused-ring (bicyclic) bond motifs is 4. The Morgan fingerprint density at radius 1 is 1.17 bits per heavy atom. The highest BCUT2D eigenvalue weighted by atomic mass is 35.5. The molecule has 3 aliphatic rings. The SMILES string of the molecule is Cc1nc(C2CCN(C(=O)[C@H]3[C@@H]4CNC[C@@H](C4)c4cccc(=O)n43)CC2)n[nH]1.Cl. The van der Waals surface area contributed by atoms with E-state index in [0.717, 1.165) is 49.7 Å². The molecule has 0 saturated carbocycles. The van der Waals surface area contributed by atoms with Gasteiger partial charge in [-0.05, 0) is 32.3 Å². The number of amides is 1. The second-order valence-electron chi connectivity index (χ2n) is 8.33. The zero-order chi connectivity index (χ0) is 19.3. The van der Waals surface area contributed by atoms with Crippen LogP contribution in [-0.4, -0.2) is 56.7 Å². The molecule has 0 aromatic carbocycles. The van der Waals surface area contributed by atoms with Crippen LogP contribution in [0.15, 0.2) is 23.0 Å². The molecule has 3 atom stereocenters. The van der Waals surface area contributed by atoms with Crippen LogP contribution < -0.4 is 10.9 Å². The first kappa shape index (κ1) is 20.1. The molecule has 2 fully saturated rings. The van der Waals surface area contributed by atoms with Crippen LogP contribution >= 0.6 is 12.4 Å². The van der Waals surface area contributed by atoms with Gasteiger partial charge in [0.15, 0.2) is 5.82 Å². The summed E-state index contributed by atoms with van der Waals surface area (Å²) >= 11 is 0. The Balaban J connectivity index is 0.00000205. The van der Waals surface area contributed by atoms with Gasteiger partial charge >= 0.3 is 0 Å². The lowest BCUT2D eigenvalue weighted by molar-refractivity contribution is -0.138. The zero-order valence-electron chi connectivity index (χ0n) is 16.5. The second kappa shape index (κ2) is 7.91. The number of nitrogens with one attached hydrogen (secondary N) is 2. The summed E-state index contributed by atoms with van der Waals surface area (Å²) in [7, 11) is 0. The van der Waals surface area contributed by atoms with Crippen molar-refractivity contribution in [3.63, 3.8) is 0 Å². The number of halogens is 1. The first-order valence-electron chi connectivity index (χ1n) is 10.2. The van der Waals surface area contributed by atoms with Crippen LogP contribution in [0.25, 0.3) is 0 Å². The van der Waals surface area contributed by atoms with Gasteiger partial charge in [0.25, 0.3) is 5.56 Å². The Morgan fingerprint density at radius 2 is 1.97 bits per heavy atom. The van der Waals surface area contributed by atoms with Crippen molar-refractivity contribution >= 4 is 18.3 Å². The number of aromatic amines is 1. The highest BCUT2D eigenvalue weighted by molar-refractivity contribution is 5.85. The summed E-state index contributed by atoms with van der Waals surface area (Å²) in [5.41, 5.74) is 0.943. The summed E-state index contributed by atoms with van der Waals surface area (Å²) in [6.07, 6.45) is 2.69. The van der Waals surface area contributed by atoms with Crippen LogP contribution in [0.5, 0.6) is 0 Å². The molecule has 5 heterocycles. The zero-order valence-corrected chi connectivity index (χ0v) is 17.3. The van der Waals surface area contributed by atoms with Gasteiger partial charge < -0.3 is 10.2 Å². The topological polar surface area (TPSA) is 95.9 Å². The Kier molecular flexibility index (Phi) is 5.48. The molecule has 0 unspecified atom stereocenters. The van der Waals surface area contributed by atoms with E-state index in [2.05, 4.69) is 20.5 Å². The van der Waals surface area contributed by atoms with Gasteiger partial charge in [0.05, 0.1) is 0 Å². The molecule has 156 valence electrons. The van der Waals surface area contributed by atoms with E-state index < -0.39 is 6.04 Å². The minimum Gasteiger partial charge on any atom is -0.341 e. The fraction of sp³-hybridized carbons (Fsp3) is 0.600. The second-order valence-corrected chi connectivity index (χ2v) is 8.33. The average molecular weight is 419 g/mol. The molecule has 3 aliphatic heterocycles. The summed E-state index contributed by atoms with van der Waals surface area (Å²) in [6.45, 7) is 4.95. The van der Waals surface area contributed by atoms with Gasteiger partial charge in [0.1, 0.15) is 11.9 Å². The van der Waals surface area contributed by atoms with Gasteiger partial charge in [-0.15, -0.1) is 12.4 Å². The standard InChI is InChI=1S/C20H26N6O2.ClH/c1-12-22-19(24-23-12)13-5-7-25(8-6-13)20(28)18-15-9-14(10-21-11-15)16-3-2-4-17(27)26(16)18;/h2-4,13-15,18,21H,5-11H2,1H3,(H,22,23,24);1H/t14-,15+,18-;/m1./s1. The molecule has 8 nitrogen and oxygen atoms in total. The molecule has 1 amide bonds. The third kappa shape index (κ3) is 3.48. The Labute approximate surface area is 175 Å². The lowest BCUT2D eigenvalue weighted by Crippen LogP contribution is -2.53. The van der Waals surface area contributed by atoms with Crippen LogP contribution in [0.1, 0.15) is 54.5 Å². The predicted molar refractivity (Wildman–Crippen MR) is 110 cm³/mol. The number of rotatable bonds is 2. The van der Waals surface area contributed by atoms with Crippen LogP contribution in [0.2, 0.25) is 0 Å². The number of carbonyl (C=O) groups excluding carboxylic acids is 1. The van der Waals surface area contributed by atoms with Crippen LogP contribution in [0.3, 0.4) is 0 Å². The Bertz CT molecular complexity index is 948. The number of piperidine rings is 2. The molecule has 9 heteroatoms. The van der Waals surface area contributed by atoms with Crippen molar-refractivity contribution < 1.29 is 4.79 Å². The first-order chi connectivity index (χ1) is 13.6. The van der Waals surface area contributed by atoms with Crippen LogP contribution in [-0.2, 0) is 4.79 Å². The van der Waals surface area contributed by atoms with Crippen molar-refractivity contribution in [2.75, 3.05) is 26.2 Å². The first-order valence-corrected chi connectivity index (χ1v) is 10.2. The maximum atomic E-state index is 13.5. The molecule has 2 saturated heterocycles. The summed E-state index contributed by atoms with van der Waals surface area (Å²) < 4.78 is 1.78. The van der Waals surface area contributed by atoms with Crippen LogP contribution in [0, 0.1) is 12.8 Å². The molecule has 2 aromatic heterocycles. The summed E-state index contributed by atoms with van der Waals surface area (Å²) in [4.78, 5) is 32.6. The maximum Gasteiger partial charge on any atom is 0.251 e. The quantitative estimate of drug-likeness (QED) is 0.767. The van der Waals surface area contributed by atoms with E-state index in [1.54, 1.807) is 10.6 Å². The van der Waals surface area contributed by atoms with Gasteiger partial charge in [-0.25, -0.2) is 4.98 Å². The number of nitrogens with zero attached hydrogens (tertiary/aromatic N) is 4. The van der Waals surface area contributed by atoms with Crippen molar-refractivity contribution in [2.24, 2.45) is 5.92 Å². The third-order valence-electron chi connectivity index (χ3n) is 6.59. The fourth-order valence-corrected chi connectivity index (χ4v) is 5.20. The van der Waals surface area contributed by atoms with E-state index in [4.69, 9.17) is 0 Å². The smallest absolute Gasteiger partial charge is 0.251 e. The Morgan fingerprint density at radius 3 is 2.69 bits per heavy atom. The number of likely N-dealkylation sites (tertiary alicyclic amines) is 1. The average Bonchev–Trinajstić information content (AvgIpc) is 3.15. The minimum atomic E-state index is -0.393. The van der Waals surface area contributed by atoms with E-state index >= 15 is 0 Å². The summed E-state index contributed by atoms with van der Waals surface area (Å²) in [6, 6.07) is 5.01. The third-order valence-corrected chi connectivity index (χ3v) is 6.59. The van der Waals surface area contributed by atoms with Gasteiger partial charge in [0.2, 0.25) is 5.91 Å². The molecule has 5 rings (SSSR count). The molecule has 2 N–H and O–H groups in total. The normalized spacial score (nSPS) is 26.5. The molecule has 0 spiro atoms. The van der Waals surface area contributed by atoms with E-state index in [1.807, 2.05) is 24.0 Å². The van der Waals surface area contributed by atoms with Crippen molar-refractivity contribution in [2.45, 2.75) is 44.1 Å². The molecule has 0 aliphatic carbocycles. The number of hydrogen-bond acceptors (Lipinski definition) is 5. The number of aryl methyl sites for hydroxylation is 1. The number of H-pyrrole nitrogens is 1. The van der Waals surface area contributed by atoms with Gasteiger partial charge in [-0.1, -0.05) is 6.07 Å². The van der Waals surface area contributed by atoms with Crippen LogP contribution in [0.4, 0.5) is 0 Å². The van der Waals surface area contributed by atoms with Crippen molar-refractivity contribution in [1.82, 2.24) is 30.0 Å². The predicted octanol–water partition coefficient (Wildman–Crippen LogP) is 1.35. The maximum absolute atomic E-state index is 13.5. The van der Waals surface area contributed by atoms with Crippen molar-refractivity contribution in [3.05, 3.63) is 45.9 Å². The summed E-state index contributed by atoms with van der Waals surface area (Å²) in [5.74, 6) is 2.54. The molecule has 2 aromatic rings. The van der Waals surface area contributed by atoms with E-state index in [9.17, 15) is 9.59 Å². The van der Waals surface area contributed by atoms with E-state index in [-0.39, 0.29) is 35.7 Å². The van der Waals surface area contributed by atoms with E-state index in [1.165, 1.54) is 0 Å². The molecule has 2 bridgehead atoms. The minimum absolute atomic E-state index is 0. The van der Waals surface area contributed by atoms with Gasteiger partial charge in [0, 0.05) is 55.7 Å². The van der Waals surface area contributed by atoms with Gasteiger partial charge in [-0.2, -0.15) is 5.10 Å². The molecule has 29 heavy (non-hydrogen) atoms. The lowest BCUT2D eigenvalue weighted by atomic mass is 9.78. The molecule has 0 radical (unpaired) electrons. The number of aromatic nitrogens is 4. The largest absolute Gasteiger partial charge is 0.341 e. The summed E-state index contributed by atoms with van der Waals surface area (Å²) in [5, 5.41) is 10.7. The highest BCUT2D eigenvalue weighted by Crippen LogP contribution is 2.40. The lowest BCUT2D eigenvalue weighted by Gasteiger charge is -2.44. The van der Waals surface area contributed by atoms with Crippen molar-refractivity contribution in [3.8, 4) is 0 Å². The molecular formula is C20H27ClN6O2. The monoisotopic (exact) mass is 418 g/mol. The number of carbonyl (C=O) groups is 1. The molecular weight excluding hydrogens is 392 g/mol. The Hall–Kier alpha value is -2.19. The number of pyridine rings is 1. The highest BCUT2D eigenvalue weighted by Gasteiger charge is 2.43. The number of hydrogen-bond donors (Lipinski definition) is 2.